The first-order valence-corrected chi connectivity index (χ1v) is 5.95. The van der Waals surface area contributed by atoms with Crippen LogP contribution in [0.2, 0.25) is 0 Å². The van der Waals surface area contributed by atoms with Gasteiger partial charge in [0, 0.05) is 20.1 Å². The van der Waals surface area contributed by atoms with Crippen molar-refractivity contribution in [3.8, 4) is 0 Å². The third kappa shape index (κ3) is 3.51. The number of methoxy groups -OCH3 is 1. The van der Waals surface area contributed by atoms with Crippen molar-refractivity contribution in [3.63, 3.8) is 0 Å². The molecule has 0 aliphatic heterocycles. The Morgan fingerprint density at radius 1 is 1.61 bits per heavy atom. The Labute approximate surface area is 106 Å². The van der Waals surface area contributed by atoms with Gasteiger partial charge in [0.15, 0.2) is 5.69 Å². The van der Waals surface area contributed by atoms with E-state index in [1.807, 2.05) is 6.92 Å². The molecule has 0 aliphatic rings. The summed E-state index contributed by atoms with van der Waals surface area (Å²) < 4.78 is 6.69. The summed E-state index contributed by atoms with van der Waals surface area (Å²) in [4.78, 5) is 11.3. The molecule has 0 saturated heterocycles. The van der Waals surface area contributed by atoms with Gasteiger partial charge in [-0.3, -0.25) is 4.79 Å². The second-order valence-electron chi connectivity index (χ2n) is 4.15. The van der Waals surface area contributed by atoms with Crippen molar-refractivity contribution in [2.24, 2.45) is 5.73 Å². The van der Waals surface area contributed by atoms with Crippen LogP contribution in [0.1, 0.15) is 42.0 Å². The van der Waals surface area contributed by atoms with Gasteiger partial charge in [-0.25, -0.2) is 4.68 Å². The highest BCUT2D eigenvalue weighted by atomic mass is 16.5. The van der Waals surface area contributed by atoms with E-state index in [1.165, 1.54) is 0 Å². The lowest BCUT2D eigenvalue weighted by Gasteiger charge is -2.14. The van der Waals surface area contributed by atoms with E-state index >= 15 is 0 Å². The number of nitrogens with zero attached hydrogens (tertiary/aromatic N) is 3. The number of aliphatic hydroxyl groups is 1. The topological polar surface area (TPSA) is 103 Å². The molecule has 0 spiro atoms. The minimum absolute atomic E-state index is 0.0598. The normalized spacial score (nSPS) is 12.6. The maximum atomic E-state index is 11.3. The number of ether oxygens (including phenoxy) is 1. The van der Waals surface area contributed by atoms with Crippen LogP contribution in [0, 0.1) is 0 Å². The number of nitrogens with two attached hydrogens (primary N) is 1. The van der Waals surface area contributed by atoms with E-state index in [0.29, 0.717) is 25.1 Å². The summed E-state index contributed by atoms with van der Waals surface area (Å²) in [5.74, 6) is -0.582. The first kappa shape index (κ1) is 14.6. The summed E-state index contributed by atoms with van der Waals surface area (Å²) >= 11 is 0. The molecule has 0 radical (unpaired) electrons. The van der Waals surface area contributed by atoms with Crippen LogP contribution in [0.25, 0.3) is 0 Å². The molecular weight excluding hydrogens is 236 g/mol. The fourth-order valence-electron chi connectivity index (χ4n) is 1.80. The predicted molar refractivity (Wildman–Crippen MR) is 65.2 cm³/mol. The molecule has 102 valence electrons. The highest BCUT2D eigenvalue weighted by molar-refractivity contribution is 5.91. The number of carbonyl (C=O) groups excluding carboxylic acids is 1. The summed E-state index contributed by atoms with van der Waals surface area (Å²) in [6.45, 7) is 2.57. The fraction of sp³-hybridized carbons (Fsp3) is 0.727. The average molecular weight is 256 g/mol. The van der Waals surface area contributed by atoms with Gasteiger partial charge in [-0.15, -0.1) is 5.10 Å². The Kier molecular flexibility index (Phi) is 5.73. The largest absolute Gasteiger partial charge is 0.396 e. The lowest BCUT2D eigenvalue weighted by Crippen LogP contribution is -2.18. The summed E-state index contributed by atoms with van der Waals surface area (Å²) in [5.41, 5.74) is 6.15. The zero-order valence-electron chi connectivity index (χ0n) is 10.8. The van der Waals surface area contributed by atoms with Gasteiger partial charge in [-0.05, 0) is 19.8 Å². The van der Waals surface area contributed by atoms with Gasteiger partial charge < -0.3 is 15.6 Å². The Balaban J connectivity index is 2.92. The van der Waals surface area contributed by atoms with E-state index < -0.39 is 5.91 Å². The maximum absolute atomic E-state index is 11.3. The van der Waals surface area contributed by atoms with Crippen LogP contribution in [-0.2, 0) is 11.2 Å². The molecule has 1 aromatic heterocycles. The molecule has 1 aromatic rings. The van der Waals surface area contributed by atoms with Crippen molar-refractivity contribution in [2.45, 2.75) is 32.2 Å². The first-order valence-electron chi connectivity index (χ1n) is 5.95. The van der Waals surface area contributed by atoms with Crippen molar-refractivity contribution in [1.29, 1.82) is 0 Å². The predicted octanol–water partition coefficient (Wildman–Crippen LogP) is -0.101. The van der Waals surface area contributed by atoms with Gasteiger partial charge in [-0.1, -0.05) is 5.21 Å². The molecule has 3 N–H and O–H groups in total. The molecule has 7 heteroatoms. The second-order valence-corrected chi connectivity index (χ2v) is 4.15. The Morgan fingerprint density at radius 3 is 2.89 bits per heavy atom. The number of amides is 1. The first-order chi connectivity index (χ1) is 8.61. The second kappa shape index (κ2) is 7.07. The zero-order valence-corrected chi connectivity index (χ0v) is 10.8. The number of primary amides is 1. The SMILES string of the molecule is COCCc1c(C(N)=O)nnn1C(C)CCCO. The highest BCUT2D eigenvalue weighted by Crippen LogP contribution is 2.17. The standard InChI is InChI=1S/C11H20N4O3/c1-8(4-3-6-16)15-9(5-7-18-2)10(11(12)17)13-14-15/h8,16H,3-7H2,1-2H3,(H2,12,17). The molecule has 0 aliphatic carbocycles. The lowest BCUT2D eigenvalue weighted by atomic mass is 10.1. The van der Waals surface area contributed by atoms with Gasteiger partial charge in [0.25, 0.3) is 5.91 Å². The van der Waals surface area contributed by atoms with Crippen molar-refractivity contribution in [1.82, 2.24) is 15.0 Å². The van der Waals surface area contributed by atoms with Crippen molar-refractivity contribution in [3.05, 3.63) is 11.4 Å². The molecule has 1 rings (SSSR count). The summed E-state index contributed by atoms with van der Waals surface area (Å²) in [6.07, 6.45) is 1.97. The summed E-state index contributed by atoms with van der Waals surface area (Å²) in [6, 6.07) is 0.0598. The van der Waals surface area contributed by atoms with Crippen LogP contribution in [0.4, 0.5) is 0 Å². The summed E-state index contributed by atoms with van der Waals surface area (Å²) in [7, 11) is 1.59. The fourth-order valence-corrected chi connectivity index (χ4v) is 1.80. The minimum Gasteiger partial charge on any atom is -0.396 e. The van der Waals surface area contributed by atoms with Crippen LogP contribution in [-0.4, -0.2) is 46.3 Å². The van der Waals surface area contributed by atoms with Crippen LogP contribution >= 0.6 is 0 Å². The summed E-state index contributed by atoms with van der Waals surface area (Å²) in [5, 5.41) is 16.6. The molecule has 1 atom stereocenters. The van der Waals surface area contributed by atoms with Gasteiger partial charge in [0.05, 0.1) is 18.3 Å². The number of rotatable bonds is 8. The number of aliphatic hydroxyl groups excluding tert-OH is 1. The smallest absolute Gasteiger partial charge is 0.271 e. The van der Waals surface area contributed by atoms with E-state index in [-0.39, 0.29) is 18.3 Å². The van der Waals surface area contributed by atoms with Gasteiger partial charge >= 0.3 is 0 Å². The van der Waals surface area contributed by atoms with E-state index in [1.54, 1.807) is 11.8 Å². The number of hydrogen-bond donors (Lipinski definition) is 2. The Bertz CT molecular complexity index is 392. The van der Waals surface area contributed by atoms with Crippen LogP contribution in [0.5, 0.6) is 0 Å². The van der Waals surface area contributed by atoms with Gasteiger partial charge in [0.1, 0.15) is 0 Å². The van der Waals surface area contributed by atoms with E-state index in [0.717, 1.165) is 6.42 Å². The molecule has 0 fully saturated rings. The third-order valence-corrected chi connectivity index (χ3v) is 2.76. The Morgan fingerprint density at radius 2 is 2.33 bits per heavy atom. The van der Waals surface area contributed by atoms with Crippen LogP contribution < -0.4 is 5.73 Å². The van der Waals surface area contributed by atoms with Crippen LogP contribution in [0.15, 0.2) is 0 Å². The molecule has 1 heterocycles. The highest BCUT2D eigenvalue weighted by Gasteiger charge is 2.20. The minimum atomic E-state index is -0.582. The van der Waals surface area contributed by atoms with Crippen molar-refractivity contribution in [2.75, 3.05) is 20.3 Å². The maximum Gasteiger partial charge on any atom is 0.271 e. The van der Waals surface area contributed by atoms with Crippen molar-refractivity contribution >= 4 is 5.91 Å². The van der Waals surface area contributed by atoms with E-state index in [9.17, 15) is 4.79 Å². The van der Waals surface area contributed by atoms with Gasteiger partial charge in [0.2, 0.25) is 0 Å². The molecule has 0 aromatic carbocycles. The molecule has 0 bridgehead atoms. The quantitative estimate of drug-likeness (QED) is 0.676. The molecule has 18 heavy (non-hydrogen) atoms. The van der Waals surface area contributed by atoms with Crippen molar-refractivity contribution < 1.29 is 14.6 Å². The monoisotopic (exact) mass is 256 g/mol. The van der Waals surface area contributed by atoms with E-state index in [4.69, 9.17) is 15.6 Å². The molecule has 7 nitrogen and oxygen atoms in total. The molecule has 0 saturated carbocycles. The number of carbonyl (C=O) groups is 1. The van der Waals surface area contributed by atoms with Crippen LogP contribution in [0.3, 0.4) is 0 Å². The lowest BCUT2D eigenvalue weighted by molar-refractivity contribution is 0.0994. The molecule has 1 unspecified atom stereocenters. The molecular formula is C11H20N4O3. The third-order valence-electron chi connectivity index (χ3n) is 2.76. The zero-order chi connectivity index (χ0) is 13.5. The van der Waals surface area contributed by atoms with E-state index in [2.05, 4.69) is 10.3 Å². The number of aromatic nitrogens is 3. The van der Waals surface area contributed by atoms with Gasteiger partial charge in [-0.2, -0.15) is 0 Å². The average Bonchev–Trinajstić information content (AvgIpc) is 2.77. The Hall–Kier alpha value is -1.47. The number of hydrogen-bond acceptors (Lipinski definition) is 5. The molecule has 1 amide bonds.